The molecule has 4 nitrogen and oxygen atoms in total. The highest BCUT2D eigenvalue weighted by molar-refractivity contribution is 5.58. The Balaban J connectivity index is 1.88. The highest BCUT2D eigenvalue weighted by Gasteiger charge is 2.27. The first kappa shape index (κ1) is 13.6. The Morgan fingerprint density at radius 3 is 2.67 bits per heavy atom. The second-order valence-corrected chi connectivity index (χ2v) is 5.56. The van der Waals surface area contributed by atoms with Crippen molar-refractivity contribution in [3.63, 3.8) is 0 Å². The lowest BCUT2D eigenvalue weighted by molar-refractivity contribution is 0.772. The minimum absolute atomic E-state index is 0.501. The van der Waals surface area contributed by atoms with Crippen molar-refractivity contribution in [3.8, 4) is 6.07 Å². The van der Waals surface area contributed by atoms with E-state index in [1.807, 2.05) is 19.9 Å². The molecule has 2 heterocycles. The van der Waals surface area contributed by atoms with Gasteiger partial charge in [0.15, 0.2) is 5.82 Å². The molecular formula is C17H18N4. The molecule has 4 heteroatoms. The van der Waals surface area contributed by atoms with Crippen LogP contribution in [0.5, 0.6) is 0 Å². The summed E-state index contributed by atoms with van der Waals surface area (Å²) < 4.78 is 0. The van der Waals surface area contributed by atoms with Gasteiger partial charge in [0.05, 0.1) is 5.69 Å². The summed E-state index contributed by atoms with van der Waals surface area (Å²) in [7, 11) is 0. The van der Waals surface area contributed by atoms with Crippen LogP contribution in [0, 0.1) is 25.2 Å². The van der Waals surface area contributed by atoms with E-state index in [9.17, 15) is 5.26 Å². The van der Waals surface area contributed by atoms with Gasteiger partial charge in [-0.05, 0) is 31.4 Å². The number of nitrogens with zero attached hydrogens (tertiary/aromatic N) is 4. The van der Waals surface area contributed by atoms with Crippen LogP contribution >= 0.6 is 0 Å². The fraction of sp³-hybridized carbons (Fsp3) is 0.353. The summed E-state index contributed by atoms with van der Waals surface area (Å²) in [4.78, 5) is 2.19. The maximum Gasteiger partial charge on any atom is 0.169 e. The fourth-order valence-corrected chi connectivity index (χ4v) is 2.90. The van der Waals surface area contributed by atoms with Crippen LogP contribution < -0.4 is 4.90 Å². The summed E-state index contributed by atoms with van der Waals surface area (Å²) in [5.74, 6) is 1.24. The molecule has 0 N–H and O–H groups in total. The molecular weight excluding hydrogens is 260 g/mol. The number of rotatable bonds is 2. The van der Waals surface area contributed by atoms with Gasteiger partial charge in [0, 0.05) is 19.0 Å². The van der Waals surface area contributed by atoms with Crippen molar-refractivity contribution in [3.05, 3.63) is 52.7 Å². The molecule has 1 atom stereocenters. The topological polar surface area (TPSA) is 52.8 Å². The smallest absolute Gasteiger partial charge is 0.169 e. The van der Waals surface area contributed by atoms with Crippen molar-refractivity contribution in [2.45, 2.75) is 26.2 Å². The zero-order valence-corrected chi connectivity index (χ0v) is 12.4. The van der Waals surface area contributed by atoms with E-state index in [2.05, 4.69) is 45.4 Å². The standard InChI is InChI=1S/C17H18N4/c1-12-13(2)19-20-17(16(12)10-18)21-9-8-15(11-21)14-6-4-3-5-7-14/h3-7,15H,8-9,11H2,1-2H3. The lowest BCUT2D eigenvalue weighted by Gasteiger charge is -2.19. The van der Waals surface area contributed by atoms with Gasteiger partial charge in [0.2, 0.25) is 0 Å². The van der Waals surface area contributed by atoms with Crippen molar-refractivity contribution >= 4 is 5.82 Å². The zero-order chi connectivity index (χ0) is 14.8. The van der Waals surface area contributed by atoms with E-state index in [0.29, 0.717) is 11.5 Å². The molecule has 0 saturated carbocycles. The Morgan fingerprint density at radius 1 is 1.19 bits per heavy atom. The first-order chi connectivity index (χ1) is 10.2. The molecule has 21 heavy (non-hydrogen) atoms. The number of nitriles is 1. The second-order valence-electron chi connectivity index (χ2n) is 5.56. The Bertz CT molecular complexity index is 688. The van der Waals surface area contributed by atoms with E-state index in [4.69, 9.17) is 0 Å². The van der Waals surface area contributed by atoms with Crippen molar-refractivity contribution in [2.75, 3.05) is 18.0 Å². The molecule has 1 aliphatic heterocycles. The number of anilines is 1. The molecule has 1 aromatic heterocycles. The van der Waals surface area contributed by atoms with Crippen LogP contribution in [0.3, 0.4) is 0 Å². The summed E-state index contributed by atoms with van der Waals surface area (Å²) in [5.41, 5.74) is 3.78. The van der Waals surface area contributed by atoms with E-state index >= 15 is 0 Å². The fourth-order valence-electron chi connectivity index (χ4n) is 2.90. The normalized spacial score (nSPS) is 17.8. The molecule has 0 bridgehead atoms. The summed E-state index contributed by atoms with van der Waals surface area (Å²) in [6, 6.07) is 12.8. The second kappa shape index (κ2) is 5.53. The Morgan fingerprint density at radius 2 is 1.95 bits per heavy atom. The van der Waals surface area contributed by atoms with Crippen LogP contribution in [-0.4, -0.2) is 23.3 Å². The molecule has 2 aromatic rings. The van der Waals surface area contributed by atoms with Crippen LogP contribution in [0.1, 0.15) is 34.7 Å². The van der Waals surface area contributed by atoms with E-state index in [0.717, 1.165) is 36.6 Å². The quantitative estimate of drug-likeness (QED) is 0.847. The maximum atomic E-state index is 9.42. The molecule has 1 saturated heterocycles. The maximum absolute atomic E-state index is 9.42. The van der Waals surface area contributed by atoms with Crippen LogP contribution in [0.2, 0.25) is 0 Å². The van der Waals surface area contributed by atoms with Gasteiger partial charge in [-0.2, -0.15) is 10.4 Å². The van der Waals surface area contributed by atoms with Gasteiger partial charge in [0.25, 0.3) is 0 Å². The third-order valence-electron chi connectivity index (χ3n) is 4.31. The Labute approximate surface area is 125 Å². The van der Waals surface area contributed by atoms with Crippen molar-refractivity contribution < 1.29 is 0 Å². The zero-order valence-electron chi connectivity index (χ0n) is 12.4. The number of hydrogen-bond acceptors (Lipinski definition) is 4. The predicted octanol–water partition coefficient (Wildman–Crippen LogP) is 2.96. The molecule has 0 amide bonds. The SMILES string of the molecule is Cc1nnc(N2CCC(c3ccccc3)C2)c(C#N)c1C. The lowest BCUT2D eigenvalue weighted by atomic mass is 9.99. The van der Waals surface area contributed by atoms with Gasteiger partial charge in [-0.15, -0.1) is 5.10 Å². The molecule has 1 aromatic carbocycles. The molecule has 1 aliphatic rings. The van der Waals surface area contributed by atoms with E-state index in [1.54, 1.807) is 0 Å². The van der Waals surface area contributed by atoms with Gasteiger partial charge < -0.3 is 4.90 Å². The first-order valence-corrected chi connectivity index (χ1v) is 7.24. The van der Waals surface area contributed by atoms with E-state index in [1.165, 1.54) is 5.56 Å². The minimum atomic E-state index is 0.501. The van der Waals surface area contributed by atoms with Crippen molar-refractivity contribution in [1.29, 1.82) is 5.26 Å². The molecule has 1 fully saturated rings. The highest BCUT2D eigenvalue weighted by Crippen LogP contribution is 2.31. The first-order valence-electron chi connectivity index (χ1n) is 7.24. The van der Waals surface area contributed by atoms with E-state index in [-0.39, 0.29) is 0 Å². The summed E-state index contributed by atoms with van der Waals surface area (Å²) >= 11 is 0. The van der Waals surface area contributed by atoms with Crippen LogP contribution in [0.15, 0.2) is 30.3 Å². The van der Waals surface area contributed by atoms with Gasteiger partial charge in [-0.3, -0.25) is 0 Å². The molecule has 0 aliphatic carbocycles. The van der Waals surface area contributed by atoms with Crippen molar-refractivity contribution in [1.82, 2.24) is 10.2 Å². The average Bonchev–Trinajstić information content (AvgIpc) is 3.00. The predicted molar refractivity (Wildman–Crippen MR) is 82.2 cm³/mol. The number of aromatic nitrogens is 2. The molecule has 0 spiro atoms. The van der Waals surface area contributed by atoms with E-state index < -0.39 is 0 Å². The number of aryl methyl sites for hydroxylation is 1. The molecule has 3 rings (SSSR count). The monoisotopic (exact) mass is 278 g/mol. The van der Waals surface area contributed by atoms with Crippen LogP contribution in [0.25, 0.3) is 0 Å². The summed E-state index contributed by atoms with van der Waals surface area (Å²) in [5, 5.41) is 17.9. The Kier molecular flexibility index (Phi) is 3.57. The van der Waals surface area contributed by atoms with Gasteiger partial charge in [-0.1, -0.05) is 30.3 Å². The van der Waals surface area contributed by atoms with Gasteiger partial charge in [0.1, 0.15) is 11.6 Å². The largest absolute Gasteiger partial charge is 0.353 e. The van der Waals surface area contributed by atoms with Gasteiger partial charge >= 0.3 is 0 Å². The average molecular weight is 278 g/mol. The molecule has 1 unspecified atom stereocenters. The summed E-state index contributed by atoms with van der Waals surface area (Å²) in [6.07, 6.45) is 1.09. The third kappa shape index (κ3) is 2.47. The van der Waals surface area contributed by atoms with Crippen LogP contribution in [-0.2, 0) is 0 Å². The minimum Gasteiger partial charge on any atom is -0.353 e. The third-order valence-corrected chi connectivity index (χ3v) is 4.31. The molecule has 106 valence electrons. The molecule has 0 radical (unpaired) electrons. The highest BCUT2D eigenvalue weighted by atomic mass is 15.3. The number of hydrogen-bond donors (Lipinski definition) is 0. The summed E-state index contributed by atoms with van der Waals surface area (Å²) in [6.45, 7) is 5.65. The lowest BCUT2D eigenvalue weighted by Crippen LogP contribution is -2.23. The Hall–Kier alpha value is -2.41. The number of benzene rings is 1. The van der Waals surface area contributed by atoms with Crippen LogP contribution in [0.4, 0.5) is 5.82 Å². The van der Waals surface area contributed by atoms with Crippen molar-refractivity contribution in [2.24, 2.45) is 0 Å². The van der Waals surface area contributed by atoms with Gasteiger partial charge in [-0.25, -0.2) is 0 Å².